The van der Waals surface area contributed by atoms with E-state index < -0.39 is 9.84 Å². The molecule has 0 radical (unpaired) electrons. The highest BCUT2D eigenvalue weighted by molar-refractivity contribution is 8.00. The molecule has 19 heavy (non-hydrogen) atoms. The number of nitrogens with one attached hydrogen (secondary N) is 1. The standard InChI is InChI=1S/C13H22N2O2S2/c1-4-7-14-11(2)12-5-6-13(15-10-12)18-8-9-19(3,16)17/h5-6,10-11,14H,4,7-9H2,1-3H3. The molecule has 0 spiro atoms. The van der Waals surface area contributed by atoms with Crippen molar-refractivity contribution >= 4 is 21.6 Å². The molecule has 1 rings (SSSR count). The number of hydrogen-bond acceptors (Lipinski definition) is 5. The average Bonchev–Trinajstić information content (AvgIpc) is 2.35. The highest BCUT2D eigenvalue weighted by atomic mass is 32.2. The van der Waals surface area contributed by atoms with Crippen molar-refractivity contribution in [3.63, 3.8) is 0 Å². The van der Waals surface area contributed by atoms with Gasteiger partial charge in [0, 0.05) is 24.2 Å². The summed E-state index contributed by atoms with van der Waals surface area (Å²) in [4.78, 5) is 4.36. The van der Waals surface area contributed by atoms with Crippen molar-refractivity contribution in [1.29, 1.82) is 0 Å². The van der Waals surface area contributed by atoms with Gasteiger partial charge in [0.05, 0.1) is 10.8 Å². The number of aromatic nitrogens is 1. The Morgan fingerprint density at radius 2 is 2.16 bits per heavy atom. The van der Waals surface area contributed by atoms with Crippen molar-refractivity contribution < 1.29 is 8.42 Å². The van der Waals surface area contributed by atoms with E-state index in [4.69, 9.17) is 0 Å². The van der Waals surface area contributed by atoms with E-state index >= 15 is 0 Å². The lowest BCUT2D eigenvalue weighted by Gasteiger charge is -2.13. The average molecular weight is 302 g/mol. The number of rotatable bonds is 8. The van der Waals surface area contributed by atoms with Crippen LogP contribution < -0.4 is 5.32 Å². The van der Waals surface area contributed by atoms with Crippen molar-refractivity contribution in [2.24, 2.45) is 0 Å². The third kappa shape index (κ3) is 6.94. The van der Waals surface area contributed by atoms with Crippen LogP contribution in [0.5, 0.6) is 0 Å². The van der Waals surface area contributed by atoms with Crippen LogP contribution in [0.15, 0.2) is 23.4 Å². The first kappa shape index (κ1) is 16.5. The van der Waals surface area contributed by atoms with Crippen molar-refractivity contribution in [2.45, 2.75) is 31.3 Å². The van der Waals surface area contributed by atoms with Gasteiger partial charge < -0.3 is 5.32 Å². The smallest absolute Gasteiger partial charge is 0.148 e. The molecule has 0 bridgehead atoms. The van der Waals surface area contributed by atoms with E-state index in [2.05, 4.69) is 24.1 Å². The van der Waals surface area contributed by atoms with Gasteiger partial charge in [-0.25, -0.2) is 13.4 Å². The quantitative estimate of drug-likeness (QED) is 0.747. The topological polar surface area (TPSA) is 59.1 Å². The zero-order valence-corrected chi connectivity index (χ0v) is 13.4. The van der Waals surface area contributed by atoms with Crippen LogP contribution in [-0.2, 0) is 9.84 Å². The summed E-state index contributed by atoms with van der Waals surface area (Å²) in [6, 6.07) is 4.29. The number of sulfone groups is 1. The molecule has 0 aliphatic carbocycles. The van der Waals surface area contributed by atoms with Crippen LogP contribution in [0, 0.1) is 0 Å². The molecular formula is C13H22N2O2S2. The molecule has 1 heterocycles. The summed E-state index contributed by atoms with van der Waals surface area (Å²) >= 11 is 1.47. The summed E-state index contributed by atoms with van der Waals surface area (Å²) in [6.45, 7) is 5.24. The number of hydrogen-bond donors (Lipinski definition) is 1. The van der Waals surface area contributed by atoms with E-state index in [0.29, 0.717) is 11.8 Å². The Balaban J connectivity index is 2.47. The van der Waals surface area contributed by atoms with E-state index in [0.717, 1.165) is 23.6 Å². The Morgan fingerprint density at radius 3 is 2.68 bits per heavy atom. The van der Waals surface area contributed by atoms with Crippen molar-refractivity contribution in [2.75, 3.05) is 24.3 Å². The fraction of sp³-hybridized carbons (Fsp3) is 0.615. The van der Waals surface area contributed by atoms with Crippen LogP contribution in [0.4, 0.5) is 0 Å². The number of nitrogens with zero attached hydrogens (tertiary/aromatic N) is 1. The third-order valence-electron chi connectivity index (χ3n) is 2.66. The molecule has 0 amide bonds. The van der Waals surface area contributed by atoms with Gasteiger partial charge in [-0.05, 0) is 31.5 Å². The van der Waals surface area contributed by atoms with Crippen LogP contribution >= 0.6 is 11.8 Å². The molecule has 1 aromatic rings. The Labute approximate surface area is 120 Å². The van der Waals surface area contributed by atoms with E-state index in [1.165, 1.54) is 18.0 Å². The first-order valence-electron chi connectivity index (χ1n) is 6.42. The molecule has 0 aliphatic heterocycles. The Hall–Kier alpha value is -0.590. The number of thioether (sulfide) groups is 1. The molecule has 6 heteroatoms. The van der Waals surface area contributed by atoms with Crippen LogP contribution in [0.25, 0.3) is 0 Å². The highest BCUT2D eigenvalue weighted by Gasteiger charge is 2.06. The molecule has 0 aliphatic rings. The van der Waals surface area contributed by atoms with E-state index in [-0.39, 0.29) is 5.75 Å². The predicted molar refractivity (Wildman–Crippen MR) is 81.4 cm³/mol. The normalized spacial score (nSPS) is 13.4. The first-order valence-corrected chi connectivity index (χ1v) is 9.47. The SMILES string of the molecule is CCCNC(C)c1ccc(SCCS(C)(=O)=O)nc1. The van der Waals surface area contributed by atoms with Gasteiger partial charge in [0.25, 0.3) is 0 Å². The zero-order chi connectivity index (χ0) is 14.3. The summed E-state index contributed by atoms with van der Waals surface area (Å²) in [5.41, 5.74) is 1.15. The van der Waals surface area contributed by atoms with Gasteiger partial charge in [-0.1, -0.05) is 13.0 Å². The minimum atomic E-state index is -2.88. The molecule has 108 valence electrons. The Kier molecular flexibility index (Phi) is 6.82. The van der Waals surface area contributed by atoms with Crippen LogP contribution in [-0.4, -0.2) is 37.7 Å². The summed E-state index contributed by atoms with van der Waals surface area (Å²) in [6.07, 6.45) is 4.22. The maximum atomic E-state index is 11.0. The molecular weight excluding hydrogens is 280 g/mol. The van der Waals surface area contributed by atoms with Gasteiger partial charge in [-0.2, -0.15) is 0 Å². The van der Waals surface area contributed by atoms with Gasteiger partial charge >= 0.3 is 0 Å². The molecule has 1 aromatic heterocycles. The van der Waals surface area contributed by atoms with Crippen LogP contribution in [0.3, 0.4) is 0 Å². The Bertz CT molecular complexity index is 472. The second-order valence-electron chi connectivity index (χ2n) is 4.58. The van der Waals surface area contributed by atoms with E-state index in [1.807, 2.05) is 18.3 Å². The fourth-order valence-electron chi connectivity index (χ4n) is 1.51. The highest BCUT2D eigenvalue weighted by Crippen LogP contribution is 2.18. The lowest BCUT2D eigenvalue weighted by molar-refractivity contribution is 0.568. The third-order valence-corrected chi connectivity index (χ3v) is 4.81. The van der Waals surface area contributed by atoms with Crippen LogP contribution in [0.2, 0.25) is 0 Å². The van der Waals surface area contributed by atoms with E-state index in [9.17, 15) is 8.42 Å². The van der Waals surface area contributed by atoms with Crippen molar-refractivity contribution in [3.8, 4) is 0 Å². The molecule has 0 saturated heterocycles. The lowest BCUT2D eigenvalue weighted by Crippen LogP contribution is -2.19. The molecule has 0 fully saturated rings. The zero-order valence-electron chi connectivity index (χ0n) is 11.7. The maximum absolute atomic E-state index is 11.0. The van der Waals surface area contributed by atoms with Crippen molar-refractivity contribution in [1.82, 2.24) is 10.3 Å². The van der Waals surface area contributed by atoms with Gasteiger partial charge in [0.15, 0.2) is 0 Å². The first-order chi connectivity index (χ1) is 8.92. The van der Waals surface area contributed by atoms with Crippen molar-refractivity contribution in [3.05, 3.63) is 23.9 Å². The number of pyridine rings is 1. The molecule has 0 aromatic carbocycles. The van der Waals surface area contributed by atoms with Crippen LogP contribution in [0.1, 0.15) is 31.9 Å². The monoisotopic (exact) mass is 302 g/mol. The maximum Gasteiger partial charge on any atom is 0.148 e. The summed E-state index contributed by atoms with van der Waals surface area (Å²) < 4.78 is 22.0. The van der Waals surface area contributed by atoms with Gasteiger partial charge in [0.2, 0.25) is 0 Å². The molecule has 1 unspecified atom stereocenters. The fourth-order valence-corrected chi connectivity index (χ4v) is 3.55. The molecule has 4 nitrogen and oxygen atoms in total. The van der Waals surface area contributed by atoms with Gasteiger partial charge in [0.1, 0.15) is 9.84 Å². The largest absolute Gasteiger partial charge is 0.310 e. The second-order valence-corrected chi connectivity index (χ2v) is 7.96. The predicted octanol–water partition coefficient (Wildman–Crippen LogP) is 2.28. The van der Waals surface area contributed by atoms with E-state index in [1.54, 1.807) is 0 Å². The Morgan fingerprint density at radius 1 is 1.42 bits per heavy atom. The summed E-state index contributed by atoms with van der Waals surface area (Å²) in [5.74, 6) is 0.740. The minimum absolute atomic E-state index is 0.190. The molecule has 0 saturated carbocycles. The van der Waals surface area contributed by atoms with Gasteiger partial charge in [-0.15, -0.1) is 11.8 Å². The summed E-state index contributed by atoms with van der Waals surface area (Å²) in [7, 11) is -2.88. The molecule has 1 atom stereocenters. The minimum Gasteiger partial charge on any atom is -0.310 e. The lowest BCUT2D eigenvalue weighted by atomic mass is 10.1. The second kappa shape index (κ2) is 7.87. The summed E-state index contributed by atoms with van der Waals surface area (Å²) in [5, 5.41) is 4.28. The van der Waals surface area contributed by atoms with Gasteiger partial charge in [-0.3, -0.25) is 0 Å². The molecule has 1 N–H and O–H groups in total.